The van der Waals surface area contributed by atoms with Crippen molar-refractivity contribution >= 4 is 25.7 Å². The van der Waals surface area contributed by atoms with Crippen molar-refractivity contribution in [3.05, 3.63) is 35.9 Å². The molecule has 0 radical (unpaired) electrons. The average Bonchev–Trinajstić information content (AvgIpc) is 2.04. The molecule has 0 atom stereocenters. The van der Waals surface area contributed by atoms with Gasteiger partial charge in [0, 0.05) is 0 Å². The van der Waals surface area contributed by atoms with Crippen LogP contribution in [0.15, 0.2) is 30.3 Å². The Hall–Kier alpha value is -0.391. The van der Waals surface area contributed by atoms with Crippen molar-refractivity contribution in [2.24, 2.45) is 0 Å². The van der Waals surface area contributed by atoms with Gasteiger partial charge in [-0.1, -0.05) is 0 Å². The van der Waals surface area contributed by atoms with E-state index in [-0.39, 0.29) is 0 Å². The van der Waals surface area contributed by atoms with Gasteiger partial charge in [-0.3, -0.25) is 0 Å². The standard InChI is InChI=1S/C7H8O4SSe/c8-12(9,10)11-13-6-7-4-2-1-3-5-7/h1-5H,6H2,(H,8,9,10). The summed E-state index contributed by atoms with van der Waals surface area (Å²) >= 11 is -0.574. The Balaban J connectivity index is 2.37. The molecule has 0 saturated carbocycles. The minimum absolute atomic E-state index is 0.521. The van der Waals surface area contributed by atoms with E-state index in [4.69, 9.17) is 4.55 Å². The fraction of sp³-hybridized carbons (Fsp3) is 0.143. The number of benzene rings is 1. The van der Waals surface area contributed by atoms with Gasteiger partial charge in [0.2, 0.25) is 0 Å². The van der Waals surface area contributed by atoms with Crippen molar-refractivity contribution in [1.29, 1.82) is 0 Å². The fourth-order valence-corrected chi connectivity index (χ4v) is 2.65. The van der Waals surface area contributed by atoms with Gasteiger partial charge in [0.1, 0.15) is 0 Å². The zero-order chi connectivity index (χ0) is 9.73. The molecule has 1 aromatic carbocycles. The molecule has 1 N–H and O–H groups in total. The second-order valence-electron chi connectivity index (χ2n) is 2.24. The topological polar surface area (TPSA) is 63.6 Å². The summed E-state index contributed by atoms with van der Waals surface area (Å²) in [4.78, 5) is 0. The van der Waals surface area contributed by atoms with Crippen molar-refractivity contribution in [3.63, 3.8) is 0 Å². The molecule has 1 aromatic rings. The van der Waals surface area contributed by atoms with Crippen LogP contribution in [0.4, 0.5) is 0 Å². The molecule has 4 nitrogen and oxygen atoms in total. The molecule has 0 saturated heterocycles. The summed E-state index contributed by atoms with van der Waals surface area (Å²) in [5.41, 5.74) is 0.992. The average molecular weight is 267 g/mol. The van der Waals surface area contributed by atoms with E-state index in [0.717, 1.165) is 5.56 Å². The van der Waals surface area contributed by atoms with Crippen LogP contribution in [0.25, 0.3) is 0 Å². The first-order valence-electron chi connectivity index (χ1n) is 3.40. The maximum absolute atomic E-state index is 10.2. The molecular weight excluding hydrogens is 259 g/mol. The molecule has 0 unspecified atom stereocenters. The van der Waals surface area contributed by atoms with Crippen molar-refractivity contribution in [2.75, 3.05) is 0 Å². The van der Waals surface area contributed by atoms with E-state index < -0.39 is 25.7 Å². The van der Waals surface area contributed by atoms with Gasteiger partial charge in [0.25, 0.3) is 0 Å². The summed E-state index contributed by atoms with van der Waals surface area (Å²) < 4.78 is 32.8. The van der Waals surface area contributed by atoms with E-state index in [1.807, 2.05) is 30.3 Å². The Kier molecular flexibility index (Phi) is 3.89. The molecule has 0 aromatic heterocycles. The molecule has 0 bridgehead atoms. The molecule has 0 spiro atoms. The van der Waals surface area contributed by atoms with E-state index in [0.29, 0.717) is 5.32 Å². The third-order valence-electron chi connectivity index (χ3n) is 1.20. The van der Waals surface area contributed by atoms with Crippen molar-refractivity contribution in [3.8, 4) is 0 Å². The van der Waals surface area contributed by atoms with Crippen LogP contribution >= 0.6 is 0 Å². The molecule has 0 aliphatic carbocycles. The summed E-state index contributed by atoms with van der Waals surface area (Å²) in [5.74, 6) is 0. The normalized spacial score (nSPS) is 11.5. The minimum atomic E-state index is -4.27. The van der Waals surface area contributed by atoms with Gasteiger partial charge in [-0.05, 0) is 0 Å². The summed E-state index contributed by atoms with van der Waals surface area (Å²) in [6.07, 6.45) is 0. The Morgan fingerprint density at radius 2 is 1.92 bits per heavy atom. The Morgan fingerprint density at radius 1 is 1.31 bits per heavy atom. The molecule has 0 aliphatic rings. The van der Waals surface area contributed by atoms with Gasteiger partial charge in [-0.2, -0.15) is 0 Å². The molecule has 72 valence electrons. The SMILES string of the molecule is O=S(=O)(O)O[Se]Cc1ccccc1. The van der Waals surface area contributed by atoms with Gasteiger partial charge in [-0.25, -0.2) is 0 Å². The van der Waals surface area contributed by atoms with Crippen LogP contribution in [0.3, 0.4) is 0 Å². The predicted octanol–water partition coefficient (Wildman–Crippen LogP) is 0.625. The number of rotatable bonds is 4. The van der Waals surface area contributed by atoms with Crippen molar-refractivity contribution < 1.29 is 16.2 Å². The molecule has 0 fully saturated rings. The van der Waals surface area contributed by atoms with Crippen LogP contribution in [0.5, 0.6) is 0 Å². The Morgan fingerprint density at radius 3 is 2.46 bits per heavy atom. The summed E-state index contributed by atoms with van der Waals surface area (Å²) in [6.45, 7) is 0. The van der Waals surface area contributed by atoms with Crippen LogP contribution in [0.2, 0.25) is 0 Å². The molecular formula is C7H8O4SSe. The predicted molar refractivity (Wildman–Crippen MR) is 48.5 cm³/mol. The molecule has 0 aliphatic heterocycles. The van der Waals surface area contributed by atoms with E-state index >= 15 is 0 Å². The number of hydrogen-bond donors (Lipinski definition) is 1. The van der Waals surface area contributed by atoms with E-state index in [2.05, 4.69) is 3.27 Å². The van der Waals surface area contributed by atoms with Gasteiger partial charge in [0.15, 0.2) is 0 Å². The summed E-state index contributed by atoms with van der Waals surface area (Å²) in [5, 5.41) is 0.521. The van der Waals surface area contributed by atoms with Crippen LogP contribution in [0.1, 0.15) is 5.56 Å². The monoisotopic (exact) mass is 268 g/mol. The molecule has 0 amide bonds. The third-order valence-corrected chi connectivity index (χ3v) is 4.11. The third kappa shape index (κ3) is 5.02. The first kappa shape index (κ1) is 10.7. The van der Waals surface area contributed by atoms with E-state index in [1.54, 1.807) is 0 Å². The second-order valence-corrected chi connectivity index (χ2v) is 5.19. The number of hydrogen-bond acceptors (Lipinski definition) is 3. The van der Waals surface area contributed by atoms with E-state index in [1.165, 1.54) is 0 Å². The first-order chi connectivity index (χ1) is 6.08. The van der Waals surface area contributed by atoms with Gasteiger partial charge < -0.3 is 0 Å². The van der Waals surface area contributed by atoms with Crippen LogP contribution < -0.4 is 0 Å². The van der Waals surface area contributed by atoms with Crippen LogP contribution in [-0.4, -0.2) is 28.3 Å². The molecule has 13 heavy (non-hydrogen) atoms. The van der Waals surface area contributed by atoms with E-state index in [9.17, 15) is 8.42 Å². The maximum atomic E-state index is 10.2. The molecule has 1 rings (SSSR count). The van der Waals surface area contributed by atoms with Crippen molar-refractivity contribution in [2.45, 2.75) is 5.32 Å². The van der Waals surface area contributed by atoms with Crippen LogP contribution in [0, 0.1) is 0 Å². The van der Waals surface area contributed by atoms with Crippen LogP contribution in [-0.2, 0) is 19.0 Å². The quantitative estimate of drug-likeness (QED) is 0.642. The second kappa shape index (κ2) is 4.74. The van der Waals surface area contributed by atoms with Gasteiger partial charge in [0.05, 0.1) is 0 Å². The summed E-state index contributed by atoms with van der Waals surface area (Å²) in [6, 6.07) is 9.34. The Labute approximate surface area is 83.4 Å². The van der Waals surface area contributed by atoms with Gasteiger partial charge >= 0.3 is 83.1 Å². The zero-order valence-corrected chi connectivity index (χ0v) is 9.11. The zero-order valence-electron chi connectivity index (χ0n) is 6.58. The molecule has 6 heteroatoms. The fourth-order valence-electron chi connectivity index (χ4n) is 0.727. The van der Waals surface area contributed by atoms with Gasteiger partial charge in [-0.15, -0.1) is 0 Å². The molecule has 0 heterocycles. The summed E-state index contributed by atoms with van der Waals surface area (Å²) in [7, 11) is -4.27. The first-order valence-corrected chi connectivity index (χ1v) is 6.68. The van der Waals surface area contributed by atoms with Crippen molar-refractivity contribution in [1.82, 2.24) is 0 Å². The Bertz CT molecular complexity index is 348.